The number of methoxy groups -OCH3 is 1. The van der Waals surface area contributed by atoms with Crippen LogP contribution in [0.15, 0.2) is 55.1 Å². The molecule has 0 fully saturated rings. The Labute approximate surface area is 152 Å². The van der Waals surface area contributed by atoms with Crippen LogP contribution < -0.4 is 15.9 Å². The van der Waals surface area contributed by atoms with Crippen LogP contribution in [0.25, 0.3) is 0 Å². The molecule has 0 saturated heterocycles. The summed E-state index contributed by atoms with van der Waals surface area (Å²) >= 11 is 6.19. The maximum absolute atomic E-state index is 12.5. The van der Waals surface area contributed by atoms with Crippen LogP contribution in [-0.2, 0) is 9.30 Å². The zero-order chi connectivity index (χ0) is 18.6. The molecule has 2 aromatic rings. The number of nitrogens with zero attached hydrogens (tertiary/aromatic N) is 2. The molecular weight excluding hydrogens is 359 g/mol. The Balaban J connectivity index is 2.32. The van der Waals surface area contributed by atoms with E-state index in [0.29, 0.717) is 28.0 Å². The predicted molar refractivity (Wildman–Crippen MR) is 105 cm³/mol. The van der Waals surface area contributed by atoms with Crippen molar-refractivity contribution in [1.29, 1.82) is 0 Å². The summed E-state index contributed by atoms with van der Waals surface area (Å²) < 4.78 is 17.5. The van der Waals surface area contributed by atoms with Gasteiger partial charge in [-0.15, -0.1) is 0 Å². The smallest absolute Gasteiger partial charge is 0.229 e. The van der Waals surface area contributed by atoms with Gasteiger partial charge < -0.3 is 19.9 Å². The van der Waals surface area contributed by atoms with Crippen LogP contribution in [0.3, 0.4) is 0 Å². The molecule has 6 nitrogen and oxygen atoms in total. The number of hydrogen-bond donors (Lipinski definition) is 2. The van der Waals surface area contributed by atoms with Crippen molar-refractivity contribution in [2.24, 2.45) is 0 Å². The van der Waals surface area contributed by atoms with Crippen LogP contribution in [0.5, 0.6) is 0 Å². The SMILES string of the molecule is C=C(Nc1ncc(Cl)c(Nc2ccccc2P(C)(C)=O)n1)C(=C)OC. The molecule has 0 aliphatic carbocycles. The molecule has 8 heteroatoms. The summed E-state index contributed by atoms with van der Waals surface area (Å²) in [6.45, 7) is 10.9. The quantitative estimate of drug-likeness (QED) is 0.427. The molecule has 0 saturated carbocycles. The van der Waals surface area contributed by atoms with Gasteiger partial charge in [-0.3, -0.25) is 0 Å². The van der Waals surface area contributed by atoms with E-state index in [-0.39, 0.29) is 5.95 Å². The molecule has 1 heterocycles. The number of aromatic nitrogens is 2. The van der Waals surface area contributed by atoms with E-state index in [4.69, 9.17) is 16.3 Å². The third-order valence-corrected chi connectivity index (χ3v) is 5.15. The van der Waals surface area contributed by atoms with Crippen molar-refractivity contribution in [3.05, 3.63) is 60.1 Å². The van der Waals surface area contributed by atoms with E-state index in [2.05, 4.69) is 33.8 Å². The van der Waals surface area contributed by atoms with E-state index in [0.717, 1.165) is 5.30 Å². The molecule has 0 unspecified atom stereocenters. The summed E-state index contributed by atoms with van der Waals surface area (Å²) in [5, 5.41) is 7.07. The van der Waals surface area contributed by atoms with E-state index in [9.17, 15) is 4.57 Å². The zero-order valence-corrected chi connectivity index (χ0v) is 16.0. The minimum Gasteiger partial charge on any atom is -0.495 e. The lowest BCUT2D eigenvalue weighted by atomic mass is 10.3. The Bertz CT molecular complexity index is 863. The molecule has 0 atom stereocenters. The number of para-hydroxylation sites is 1. The molecule has 1 aromatic heterocycles. The number of halogens is 1. The molecule has 0 aliphatic heterocycles. The Kier molecular flexibility index (Phi) is 5.88. The minimum absolute atomic E-state index is 0.281. The average Bonchev–Trinajstić information content (AvgIpc) is 2.56. The first-order valence-electron chi connectivity index (χ1n) is 7.35. The maximum atomic E-state index is 12.5. The first kappa shape index (κ1) is 19.0. The monoisotopic (exact) mass is 378 g/mol. The lowest BCUT2D eigenvalue weighted by molar-refractivity contribution is 0.303. The molecular formula is C17H20ClN4O2P. The zero-order valence-electron chi connectivity index (χ0n) is 14.3. The molecule has 0 spiro atoms. The van der Waals surface area contributed by atoms with Crippen molar-refractivity contribution < 1.29 is 9.30 Å². The highest BCUT2D eigenvalue weighted by Crippen LogP contribution is 2.38. The average molecular weight is 379 g/mol. The van der Waals surface area contributed by atoms with E-state index in [1.807, 2.05) is 24.3 Å². The van der Waals surface area contributed by atoms with Gasteiger partial charge in [0.25, 0.3) is 0 Å². The van der Waals surface area contributed by atoms with Gasteiger partial charge >= 0.3 is 0 Å². The topological polar surface area (TPSA) is 76.1 Å². The highest BCUT2D eigenvalue weighted by molar-refractivity contribution is 7.70. The first-order valence-corrected chi connectivity index (χ1v) is 10.3. The number of benzene rings is 1. The van der Waals surface area contributed by atoms with Crippen LogP contribution >= 0.6 is 18.7 Å². The Morgan fingerprint density at radius 2 is 1.96 bits per heavy atom. The van der Waals surface area contributed by atoms with Gasteiger partial charge in [0.1, 0.15) is 17.9 Å². The molecule has 0 bridgehead atoms. The van der Waals surface area contributed by atoms with E-state index in [1.165, 1.54) is 13.3 Å². The molecule has 0 aliphatic rings. The minimum atomic E-state index is -2.47. The number of rotatable bonds is 7. The summed E-state index contributed by atoms with van der Waals surface area (Å²) in [5.41, 5.74) is 1.12. The van der Waals surface area contributed by atoms with Crippen LogP contribution in [0.2, 0.25) is 5.02 Å². The standard InChI is InChI=1S/C17H20ClN4O2P/c1-11(12(2)24-3)20-17-19-10-13(18)16(22-17)21-14-8-6-7-9-15(14)25(4,5)23/h6-10H,1-2H2,3-5H3,(H2,19,20,21,22). The number of hydrogen-bond acceptors (Lipinski definition) is 6. The van der Waals surface area contributed by atoms with Crippen LogP contribution in [0.4, 0.5) is 17.5 Å². The van der Waals surface area contributed by atoms with Gasteiger partial charge in [-0.05, 0) is 25.5 Å². The molecule has 2 N–H and O–H groups in total. The summed E-state index contributed by atoms with van der Waals surface area (Å²) in [5.74, 6) is 1.04. The van der Waals surface area contributed by atoms with Gasteiger partial charge in [0, 0.05) is 5.30 Å². The lowest BCUT2D eigenvalue weighted by Gasteiger charge is -2.16. The Morgan fingerprint density at radius 3 is 2.60 bits per heavy atom. The fourth-order valence-corrected chi connectivity index (χ4v) is 3.31. The third-order valence-electron chi connectivity index (χ3n) is 3.33. The van der Waals surface area contributed by atoms with Gasteiger partial charge in [0.2, 0.25) is 5.95 Å². The molecule has 1 aromatic carbocycles. The van der Waals surface area contributed by atoms with Crippen molar-refractivity contribution in [2.75, 3.05) is 31.1 Å². The fraction of sp³-hybridized carbons (Fsp3) is 0.176. The number of anilines is 3. The highest BCUT2D eigenvalue weighted by Gasteiger charge is 2.17. The van der Waals surface area contributed by atoms with Gasteiger partial charge in [-0.2, -0.15) is 4.98 Å². The normalized spacial score (nSPS) is 10.9. The van der Waals surface area contributed by atoms with Gasteiger partial charge in [-0.25, -0.2) is 4.98 Å². The summed E-state index contributed by atoms with van der Waals surface area (Å²) in [6, 6.07) is 7.34. The van der Waals surface area contributed by atoms with Crippen molar-refractivity contribution in [3.8, 4) is 0 Å². The second-order valence-electron chi connectivity index (χ2n) is 5.61. The highest BCUT2D eigenvalue weighted by atomic mass is 35.5. The van der Waals surface area contributed by atoms with E-state index < -0.39 is 7.14 Å². The van der Waals surface area contributed by atoms with E-state index in [1.54, 1.807) is 13.3 Å². The largest absolute Gasteiger partial charge is 0.495 e. The Hall–Kier alpha value is -2.30. The van der Waals surface area contributed by atoms with Gasteiger partial charge in [-0.1, -0.05) is 36.9 Å². The number of nitrogens with one attached hydrogen (secondary N) is 2. The van der Waals surface area contributed by atoms with Crippen LogP contribution in [0, 0.1) is 0 Å². The second kappa shape index (κ2) is 7.72. The molecule has 132 valence electrons. The van der Waals surface area contributed by atoms with Crippen molar-refractivity contribution in [3.63, 3.8) is 0 Å². The molecule has 25 heavy (non-hydrogen) atoms. The number of ether oxygens (including phenoxy) is 1. The second-order valence-corrected chi connectivity index (χ2v) is 9.20. The van der Waals surface area contributed by atoms with Gasteiger partial charge in [0.15, 0.2) is 5.82 Å². The summed E-state index contributed by atoms with van der Waals surface area (Å²) in [6.07, 6.45) is 1.46. The van der Waals surface area contributed by atoms with Crippen molar-refractivity contribution >= 4 is 41.5 Å². The van der Waals surface area contributed by atoms with Crippen LogP contribution in [-0.4, -0.2) is 30.4 Å². The molecule has 0 radical (unpaired) electrons. The lowest BCUT2D eigenvalue weighted by Crippen LogP contribution is -2.11. The van der Waals surface area contributed by atoms with Crippen LogP contribution in [0.1, 0.15) is 0 Å². The summed E-state index contributed by atoms with van der Waals surface area (Å²) in [7, 11) is -0.971. The predicted octanol–water partition coefficient (Wildman–Crippen LogP) is 4.21. The molecule has 2 rings (SSSR count). The fourth-order valence-electron chi connectivity index (χ4n) is 2.02. The van der Waals surface area contributed by atoms with Gasteiger partial charge in [0.05, 0.1) is 24.7 Å². The third kappa shape index (κ3) is 4.84. The maximum Gasteiger partial charge on any atom is 0.229 e. The Morgan fingerprint density at radius 1 is 1.28 bits per heavy atom. The summed E-state index contributed by atoms with van der Waals surface area (Å²) in [4.78, 5) is 8.44. The van der Waals surface area contributed by atoms with E-state index >= 15 is 0 Å². The van der Waals surface area contributed by atoms with Crippen molar-refractivity contribution in [2.45, 2.75) is 0 Å². The van der Waals surface area contributed by atoms with Crippen molar-refractivity contribution in [1.82, 2.24) is 9.97 Å². The molecule has 0 amide bonds. The first-order chi connectivity index (χ1) is 11.7.